The number of anilines is 2. The Morgan fingerprint density at radius 3 is 2.68 bits per heavy atom. The molecule has 1 fully saturated rings. The quantitative estimate of drug-likeness (QED) is 0.674. The van der Waals surface area contributed by atoms with Crippen molar-refractivity contribution < 1.29 is 14.3 Å². The van der Waals surface area contributed by atoms with E-state index in [2.05, 4.69) is 15.5 Å². The van der Waals surface area contributed by atoms with Gasteiger partial charge < -0.3 is 20.3 Å². The monoisotopic (exact) mass is 347 g/mol. The molecule has 1 aromatic rings. The van der Waals surface area contributed by atoms with Gasteiger partial charge in [-0.1, -0.05) is 6.92 Å². The number of methoxy groups -OCH3 is 1. The molecule has 1 saturated heterocycles. The maximum atomic E-state index is 12.7. The van der Waals surface area contributed by atoms with E-state index in [4.69, 9.17) is 4.74 Å². The molecule has 0 spiro atoms. The molecule has 6 nitrogen and oxygen atoms in total. The number of hydrogen-bond donors (Lipinski definition) is 2. The maximum Gasteiger partial charge on any atom is 0.253 e. The molecular formula is C19H29N3O3. The molecule has 0 aliphatic carbocycles. The van der Waals surface area contributed by atoms with Gasteiger partial charge in [-0.2, -0.15) is 0 Å². The highest BCUT2D eigenvalue weighted by Gasteiger charge is 2.20. The molecule has 1 heterocycles. The molecule has 0 saturated carbocycles. The Bertz CT molecular complexity index is 583. The Labute approximate surface area is 149 Å². The van der Waals surface area contributed by atoms with Gasteiger partial charge in [-0.25, -0.2) is 0 Å². The van der Waals surface area contributed by atoms with E-state index in [0.29, 0.717) is 30.8 Å². The zero-order chi connectivity index (χ0) is 18.1. The summed E-state index contributed by atoms with van der Waals surface area (Å²) >= 11 is 0. The molecule has 0 bridgehead atoms. The van der Waals surface area contributed by atoms with E-state index >= 15 is 0 Å². The largest absolute Gasteiger partial charge is 0.385 e. The molecule has 0 atom stereocenters. The summed E-state index contributed by atoms with van der Waals surface area (Å²) < 4.78 is 5.01. The van der Waals surface area contributed by atoms with Gasteiger partial charge in [0.05, 0.1) is 5.56 Å². The second-order valence-corrected chi connectivity index (χ2v) is 6.33. The van der Waals surface area contributed by atoms with Gasteiger partial charge in [-0.05, 0) is 43.9 Å². The van der Waals surface area contributed by atoms with Gasteiger partial charge >= 0.3 is 0 Å². The number of ether oxygens (including phenoxy) is 1. The topological polar surface area (TPSA) is 70.7 Å². The highest BCUT2D eigenvalue weighted by atomic mass is 16.5. The van der Waals surface area contributed by atoms with Crippen LogP contribution in [-0.4, -0.2) is 45.2 Å². The Balaban J connectivity index is 2.15. The van der Waals surface area contributed by atoms with Gasteiger partial charge in [-0.3, -0.25) is 9.59 Å². The molecule has 2 amide bonds. The number of nitrogens with one attached hydrogen (secondary N) is 2. The van der Waals surface area contributed by atoms with Gasteiger partial charge in [0.15, 0.2) is 0 Å². The van der Waals surface area contributed by atoms with E-state index < -0.39 is 0 Å². The van der Waals surface area contributed by atoms with Gasteiger partial charge in [0.2, 0.25) is 5.91 Å². The minimum atomic E-state index is -0.107. The third-order valence-corrected chi connectivity index (χ3v) is 4.26. The third kappa shape index (κ3) is 5.74. The third-order valence-electron chi connectivity index (χ3n) is 4.26. The van der Waals surface area contributed by atoms with E-state index in [9.17, 15) is 9.59 Å². The van der Waals surface area contributed by atoms with E-state index in [1.54, 1.807) is 13.2 Å². The predicted octanol–water partition coefficient (Wildman–Crippen LogP) is 2.79. The normalized spacial score (nSPS) is 13.8. The maximum absolute atomic E-state index is 12.7. The number of nitrogens with zero attached hydrogens (tertiary/aromatic N) is 1. The number of amides is 2. The molecule has 2 rings (SSSR count). The molecule has 1 aromatic carbocycles. The van der Waals surface area contributed by atoms with Gasteiger partial charge in [0.25, 0.3) is 5.91 Å². The van der Waals surface area contributed by atoms with E-state index in [1.165, 1.54) is 0 Å². The minimum absolute atomic E-state index is 0.0251. The second kappa shape index (κ2) is 10.0. The summed E-state index contributed by atoms with van der Waals surface area (Å²) in [6.07, 6.45) is 4.33. The standard InChI is InChI=1S/C19H29N3O3/c1-3-7-18(23)21-15-8-9-17(22-11-4-5-12-22)16(14-15)19(24)20-10-6-13-25-2/h8-9,14H,3-7,10-13H2,1-2H3,(H,20,24)(H,21,23). The van der Waals surface area contributed by atoms with Crippen LogP contribution in [0.1, 0.15) is 49.4 Å². The van der Waals surface area contributed by atoms with Crippen molar-refractivity contribution in [1.29, 1.82) is 0 Å². The fourth-order valence-corrected chi connectivity index (χ4v) is 2.99. The summed E-state index contributed by atoms with van der Waals surface area (Å²) in [5, 5.41) is 5.82. The predicted molar refractivity (Wildman–Crippen MR) is 100 cm³/mol. The number of carbonyl (C=O) groups is 2. The lowest BCUT2D eigenvalue weighted by molar-refractivity contribution is -0.116. The molecule has 0 aromatic heterocycles. The Morgan fingerprint density at radius 2 is 2.00 bits per heavy atom. The zero-order valence-electron chi connectivity index (χ0n) is 15.3. The lowest BCUT2D eigenvalue weighted by atomic mass is 10.1. The molecule has 0 radical (unpaired) electrons. The average molecular weight is 347 g/mol. The van der Waals surface area contributed by atoms with Crippen LogP contribution in [0, 0.1) is 0 Å². The summed E-state index contributed by atoms with van der Waals surface area (Å²) in [6.45, 7) is 5.08. The van der Waals surface area contributed by atoms with Crippen LogP contribution in [0.3, 0.4) is 0 Å². The first-order valence-corrected chi connectivity index (χ1v) is 9.11. The SMILES string of the molecule is CCCC(=O)Nc1ccc(N2CCCC2)c(C(=O)NCCCOC)c1. The molecule has 2 N–H and O–H groups in total. The smallest absolute Gasteiger partial charge is 0.253 e. The van der Waals surface area contributed by atoms with Crippen molar-refractivity contribution in [3.63, 3.8) is 0 Å². The van der Waals surface area contributed by atoms with Gasteiger partial charge in [0.1, 0.15) is 0 Å². The Kier molecular flexibility index (Phi) is 7.73. The molecule has 1 aliphatic rings. The minimum Gasteiger partial charge on any atom is -0.385 e. The van der Waals surface area contributed by atoms with E-state index in [1.807, 2.05) is 19.1 Å². The zero-order valence-corrected chi connectivity index (χ0v) is 15.3. The van der Waals surface area contributed by atoms with Crippen molar-refractivity contribution in [2.45, 2.75) is 39.0 Å². The van der Waals surface area contributed by atoms with Crippen LogP contribution in [0.5, 0.6) is 0 Å². The lowest BCUT2D eigenvalue weighted by Crippen LogP contribution is -2.28. The summed E-state index contributed by atoms with van der Waals surface area (Å²) in [7, 11) is 1.65. The van der Waals surface area contributed by atoms with Gasteiger partial charge in [-0.15, -0.1) is 0 Å². The number of hydrogen-bond acceptors (Lipinski definition) is 4. The molecule has 0 unspecified atom stereocenters. The first-order valence-electron chi connectivity index (χ1n) is 9.11. The Morgan fingerprint density at radius 1 is 1.24 bits per heavy atom. The summed E-state index contributed by atoms with van der Waals surface area (Å²) in [5.74, 6) is -0.132. The molecule has 25 heavy (non-hydrogen) atoms. The van der Waals surface area contributed by atoms with Crippen LogP contribution in [0.2, 0.25) is 0 Å². The first kappa shape index (κ1) is 19.2. The van der Waals surface area contributed by atoms with Crippen molar-refractivity contribution in [2.75, 3.05) is 43.6 Å². The first-order chi connectivity index (χ1) is 12.2. The number of carbonyl (C=O) groups excluding carboxylic acids is 2. The van der Waals surface area contributed by atoms with Crippen LogP contribution < -0.4 is 15.5 Å². The van der Waals surface area contributed by atoms with Crippen molar-refractivity contribution in [3.05, 3.63) is 23.8 Å². The highest BCUT2D eigenvalue weighted by Crippen LogP contribution is 2.27. The van der Waals surface area contributed by atoms with E-state index in [-0.39, 0.29) is 11.8 Å². The molecular weight excluding hydrogens is 318 g/mol. The van der Waals surface area contributed by atoms with Crippen molar-refractivity contribution in [3.8, 4) is 0 Å². The summed E-state index contributed by atoms with van der Waals surface area (Å²) in [6, 6.07) is 5.60. The summed E-state index contributed by atoms with van der Waals surface area (Å²) in [5.41, 5.74) is 2.23. The van der Waals surface area contributed by atoms with Crippen molar-refractivity contribution in [2.24, 2.45) is 0 Å². The Hall–Kier alpha value is -2.08. The highest BCUT2D eigenvalue weighted by molar-refractivity contribution is 6.02. The van der Waals surface area contributed by atoms with Crippen LogP contribution in [0.25, 0.3) is 0 Å². The molecule has 6 heteroatoms. The average Bonchev–Trinajstić information content (AvgIpc) is 3.13. The number of rotatable bonds is 9. The van der Waals surface area contributed by atoms with Crippen LogP contribution >= 0.6 is 0 Å². The van der Waals surface area contributed by atoms with Crippen LogP contribution in [0.4, 0.5) is 11.4 Å². The molecule has 1 aliphatic heterocycles. The fourth-order valence-electron chi connectivity index (χ4n) is 2.99. The van der Waals surface area contributed by atoms with Crippen molar-refractivity contribution >= 4 is 23.2 Å². The number of benzene rings is 1. The summed E-state index contributed by atoms with van der Waals surface area (Å²) in [4.78, 5) is 26.7. The lowest BCUT2D eigenvalue weighted by Gasteiger charge is -2.22. The molecule has 138 valence electrons. The second-order valence-electron chi connectivity index (χ2n) is 6.33. The van der Waals surface area contributed by atoms with E-state index in [0.717, 1.165) is 44.5 Å². The van der Waals surface area contributed by atoms with Crippen molar-refractivity contribution in [1.82, 2.24) is 5.32 Å². The fraction of sp³-hybridized carbons (Fsp3) is 0.579. The van der Waals surface area contributed by atoms with Crippen LogP contribution in [0.15, 0.2) is 18.2 Å². The van der Waals surface area contributed by atoms with Crippen LogP contribution in [-0.2, 0) is 9.53 Å². The van der Waals surface area contributed by atoms with Gasteiger partial charge in [0, 0.05) is 51.1 Å².